The molecule has 0 aromatic carbocycles. The van der Waals surface area contributed by atoms with Crippen LogP contribution in [0, 0.1) is 10.1 Å². The van der Waals surface area contributed by atoms with Gasteiger partial charge in [-0.05, 0) is 32.6 Å². The van der Waals surface area contributed by atoms with Crippen LogP contribution in [0.15, 0.2) is 6.07 Å². The zero-order valence-electron chi connectivity index (χ0n) is 11.3. The van der Waals surface area contributed by atoms with Crippen LogP contribution >= 0.6 is 11.3 Å². The molecule has 1 fully saturated rings. The Morgan fingerprint density at radius 1 is 1.63 bits per heavy atom. The normalized spacial score (nSPS) is 21.4. The van der Waals surface area contributed by atoms with E-state index in [0.29, 0.717) is 15.9 Å². The van der Waals surface area contributed by atoms with Crippen LogP contribution in [0.2, 0.25) is 0 Å². The molecule has 1 aromatic rings. The number of hydrogen-bond acceptors (Lipinski definition) is 5. The minimum atomic E-state index is -0.651. The van der Waals surface area contributed by atoms with Gasteiger partial charge in [0.15, 0.2) is 5.00 Å². The zero-order chi connectivity index (χ0) is 14.0. The summed E-state index contributed by atoms with van der Waals surface area (Å²) >= 11 is 1.36. The summed E-state index contributed by atoms with van der Waals surface area (Å²) in [7, 11) is 0. The van der Waals surface area contributed by atoms with Gasteiger partial charge in [-0.1, -0.05) is 6.92 Å². The minimum absolute atomic E-state index is 0.140. The number of hydrogen-bond donors (Lipinski definition) is 1. The standard InChI is InChI=1S/C13H20N2O3S/c1-3-10-6-4-5-7-14(10)13-11(15(17)18)8-12(19-13)9(2)16/h8-10,16H,3-7H2,1-2H3. The van der Waals surface area contributed by atoms with Crippen LogP contribution in [-0.4, -0.2) is 22.6 Å². The fourth-order valence-electron chi connectivity index (χ4n) is 2.62. The number of anilines is 1. The molecule has 2 heterocycles. The fourth-order valence-corrected chi connectivity index (χ4v) is 3.78. The quantitative estimate of drug-likeness (QED) is 0.679. The van der Waals surface area contributed by atoms with Crippen molar-refractivity contribution < 1.29 is 10.0 Å². The summed E-state index contributed by atoms with van der Waals surface area (Å²) in [5, 5.41) is 21.5. The molecule has 0 spiro atoms. The molecule has 1 aromatic heterocycles. The van der Waals surface area contributed by atoms with Gasteiger partial charge in [-0.15, -0.1) is 11.3 Å². The van der Waals surface area contributed by atoms with Gasteiger partial charge in [-0.25, -0.2) is 0 Å². The lowest BCUT2D eigenvalue weighted by Crippen LogP contribution is -2.38. The second-order valence-corrected chi connectivity index (χ2v) is 6.09. The first-order chi connectivity index (χ1) is 9.04. The number of thiophene rings is 1. The summed E-state index contributed by atoms with van der Waals surface area (Å²) in [6.07, 6.45) is 3.71. The van der Waals surface area contributed by atoms with Gasteiger partial charge in [0.05, 0.1) is 11.0 Å². The Kier molecular flexibility index (Phi) is 4.42. The van der Waals surface area contributed by atoms with Crippen LogP contribution in [0.25, 0.3) is 0 Å². The van der Waals surface area contributed by atoms with Gasteiger partial charge in [0.1, 0.15) is 0 Å². The third kappa shape index (κ3) is 2.90. The number of piperidine rings is 1. The van der Waals surface area contributed by atoms with Crippen molar-refractivity contribution in [3.05, 3.63) is 21.1 Å². The zero-order valence-corrected chi connectivity index (χ0v) is 12.2. The van der Waals surface area contributed by atoms with E-state index in [1.165, 1.54) is 23.8 Å². The Hall–Kier alpha value is -1.14. The molecular weight excluding hydrogens is 264 g/mol. The maximum atomic E-state index is 11.2. The lowest BCUT2D eigenvalue weighted by atomic mass is 10.0. The summed E-state index contributed by atoms with van der Waals surface area (Å²) in [5.74, 6) is 0. The Morgan fingerprint density at radius 2 is 2.37 bits per heavy atom. The number of rotatable bonds is 4. The first-order valence-electron chi connectivity index (χ1n) is 6.77. The summed E-state index contributed by atoms with van der Waals surface area (Å²) < 4.78 is 0. The highest BCUT2D eigenvalue weighted by molar-refractivity contribution is 7.16. The molecule has 19 heavy (non-hydrogen) atoms. The molecule has 5 nitrogen and oxygen atoms in total. The van der Waals surface area contributed by atoms with E-state index in [2.05, 4.69) is 11.8 Å². The highest BCUT2D eigenvalue weighted by Crippen LogP contribution is 2.42. The smallest absolute Gasteiger partial charge is 0.304 e. The Balaban J connectivity index is 2.38. The summed E-state index contributed by atoms with van der Waals surface area (Å²) in [5.41, 5.74) is 0.140. The predicted octanol–water partition coefficient (Wildman–Crippen LogP) is 3.48. The molecule has 0 saturated carbocycles. The molecule has 6 heteroatoms. The molecule has 1 aliphatic heterocycles. The Labute approximate surface area is 117 Å². The van der Waals surface area contributed by atoms with Crippen LogP contribution in [0.4, 0.5) is 10.7 Å². The molecule has 106 valence electrons. The SMILES string of the molecule is CCC1CCCCN1c1sc(C(C)O)cc1[N+](=O)[O-]. The minimum Gasteiger partial charge on any atom is -0.388 e. The lowest BCUT2D eigenvalue weighted by molar-refractivity contribution is -0.383. The van der Waals surface area contributed by atoms with Crippen molar-refractivity contribution in [3.8, 4) is 0 Å². The highest BCUT2D eigenvalue weighted by atomic mass is 32.1. The van der Waals surface area contributed by atoms with Gasteiger partial charge in [-0.2, -0.15) is 0 Å². The van der Waals surface area contributed by atoms with E-state index in [0.717, 1.165) is 25.8 Å². The van der Waals surface area contributed by atoms with Crippen molar-refractivity contribution in [1.82, 2.24) is 0 Å². The Morgan fingerprint density at radius 3 is 2.95 bits per heavy atom. The number of nitrogens with zero attached hydrogens (tertiary/aromatic N) is 2. The fraction of sp³-hybridized carbons (Fsp3) is 0.692. The van der Waals surface area contributed by atoms with Gasteiger partial charge in [0.25, 0.3) is 0 Å². The van der Waals surface area contributed by atoms with E-state index in [1.807, 2.05) is 0 Å². The van der Waals surface area contributed by atoms with Crippen LogP contribution in [0.1, 0.15) is 50.5 Å². The molecule has 0 aliphatic carbocycles. The third-order valence-electron chi connectivity index (χ3n) is 3.68. The Bertz CT molecular complexity index is 459. The molecule has 0 bridgehead atoms. The van der Waals surface area contributed by atoms with E-state index in [9.17, 15) is 15.2 Å². The van der Waals surface area contributed by atoms with Gasteiger partial charge >= 0.3 is 5.69 Å². The molecule has 1 N–H and O–H groups in total. The van der Waals surface area contributed by atoms with Crippen molar-refractivity contribution in [1.29, 1.82) is 0 Å². The maximum Gasteiger partial charge on any atom is 0.304 e. The predicted molar refractivity (Wildman–Crippen MR) is 76.9 cm³/mol. The summed E-state index contributed by atoms with van der Waals surface area (Å²) in [6.45, 7) is 4.64. The maximum absolute atomic E-state index is 11.2. The first-order valence-corrected chi connectivity index (χ1v) is 7.59. The van der Waals surface area contributed by atoms with Crippen LogP contribution in [-0.2, 0) is 0 Å². The monoisotopic (exact) mass is 284 g/mol. The van der Waals surface area contributed by atoms with Gasteiger partial charge in [0.2, 0.25) is 0 Å². The molecule has 2 unspecified atom stereocenters. The second-order valence-electron chi connectivity index (χ2n) is 5.02. The average molecular weight is 284 g/mol. The molecular formula is C13H20N2O3S. The van der Waals surface area contributed by atoms with Crippen LogP contribution in [0.5, 0.6) is 0 Å². The number of aliphatic hydroxyl groups excluding tert-OH is 1. The first kappa shape index (κ1) is 14.3. The number of nitro groups is 1. The van der Waals surface area contributed by atoms with Gasteiger partial charge in [0, 0.05) is 23.5 Å². The van der Waals surface area contributed by atoms with Crippen LogP contribution < -0.4 is 4.90 Å². The van der Waals surface area contributed by atoms with E-state index < -0.39 is 6.10 Å². The highest BCUT2D eigenvalue weighted by Gasteiger charge is 2.30. The van der Waals surface area contributed by atoms with Gasteiger partial charge < -0.3 is 10.0 Å². The van der Waals surface area contributed by atoms with Crippen molar-refractivity contribution in [2.75, 3.05) is 11.4 Å². The molecule has 2 rings (SSSR count). The largest absolute Gasteiger partial charge is 0.388 e. The van der Waals surface area contributed by atoms with Crippen molar-refractivity contribution in [2.24, 2.45) is 0 Å². The van der Waals surface area contributed by atoms with E-state index in [4.69, 9.17) is 0 Å². The molecule has 1 aliphatic rings. The third-order valence-corrected chi connectivity index (χ3v) is 5.01. The summed E-state index contributed by atoms with van der Waals surface area (Å²) in [4.78, 5) is 13.7. The van der Waals surface area contributed by atoms with E-state index in [-0.39, 0.29) is 10.6 Å². The van der Waals surface area contributed by atoms with Crippen molar-refractivity contribution >= 4 is 22.0 Å². The molecule has 0 radical (unpaired) electrons. The van der Waals surface area contributed by atoms with Crippen molar-refractivity contribution in [3.63, 3.8) is 0 Å². The van der Waals surface area contributed by atoms with Gasteiger partial charge in [-0.3, -0.25) is 10.1 Å². The topological polar surface area (TPSA) is 66.6 Å². The van der Waals surface area contributed by atoms with E-state index in [1.54, 1.807) is 6.92 Å². The van der Waals surface area contributed by atoms with Crippen molar-refractivity contribution in [2.45, 2.75) is 51.7 Å². The second kappa shape index (κ2) is 5.88. The lowest BCUT2D eigenvalue weighted by Gasteiger charge is -2.35. The molecule has 1 saturated heterocycles. The number of aliphatic hydroxyl groups is 1. The average Bonchev–Trinajstić information content (AvgIpc) is 2.83. The summed E-state index contributed by atoms with van der Waals surface area (Å²) in [6, 6.07) is 1.90. The molecule has 0 amide bonds. The molecule has 2 atom stereocenters. The van der Waals surface area contributed by atoms with Crippen LogP contribution in [0.3, 0.4) is 0 Å². The van der Waals surface area contributed by atoms with E-state index >= 15 is 0 Å².